The molecular weight excluding hydrogens is 366 g/mol. The predicted molar refractivity (Wildman–Crippen MR) is 92.3 cm³/mol. The summed E-state index contributed by atoms with van der Waals surface area (Å²) in [5.41, 5.74) is 8.07. The van der Waals surface area contributed by atoms with E-state index in [1.807, 2.05) is 0 Å². The van der Waals surface area contributed by atoms with Crippen molar-refractivity contribution in [2.45, 2.75) is 50.3 Å². The minimum atomic E-state index is -4.21. The second-order valence-corrected chi connectivity index (χ2v) is 7.22. The van der Waals surface area contributed by atoms with Crippen molar-refractivity contribution in [2.24, 2.45) is 5.11 Å². The van der Waals surface area contributed by atoms with Crippen molar-refractivity contribution in [1.82, 2.24) is 5.32 Å². The maximum atomic E-state index is 11.7. The van der Waals surface area contributed by atoms with Crippen LogP contribution in [0.3, 0.4) is 0 Å². The molecule has 1 saturated heterocycles. The molecule has 0 aromatic rings. The Morgan fingerprint density at radius 2 is 2.12 bits per heavy atom. The Hall–Kier alpha value is -1.13. The molecule has 0 aliphatic carbocycles. The van der Waals surface area contributed by atoms with Crippen LogP contribution in [0.2, 0.25) is 0 Å². The minimum Gasteiger partial charge on any atom is -0.390 e. The summed E-state index contributed by atoms with van der Waals surface area (Å²) in [7, 11) is 1.29. The largest absolute Gasteiger partial charge is 0.472 e. The second kappa shape index (κ2) is 12.3. The zero-order valence-electron chi connectivity index (χ0n) is 14.4. The monoisotopic (exact) mass is 390 g/mol. The van der Waals surface area contributed by atoms with Gasteiger partial charge in [-0.25, -0.2) is 4.57 Å². The highest BCUT2D eigenvalue weighted by Crippen LogP contribution is 2.44. The van der Waals surface area contributed by atoms with Crippen LogP contribution >= 0.6 is 7.82 Å². The number of unbranched alkanes of at least 4 members (excludes halogenated alkanes) is 3. The summed E-state index contributed by atoms with van der Waals surface area (Å²) in [6.45, 7) is 0.0158. The van der Waals surface area contributed by atoms with E-state index in [1.54, 1.807) is 0 Å². The van der Waals surface area contributed by atoms with E-state index < -0.39 is 26.0 Å². The van der Waals surface area contributed by atoms with Gasteiger partial charge >= 0.3 is 7.82 Å². The van der Waals surface area contributed by atoms with Crippen molar-refractivity contribution < 1.29 is 33.1 Å². The Morgan fingerprint density at radius 3 is 2.77 bits per heavy atom. The molecule has 0 aromatic heterocycles. The molecule has 13 heteroatoms. The lowest BCUT2D eigenvalue weighted by Crippen LogP contribution is -2.26. The highest BCUT2D eigenvalue weighted by Gasteiger charge is 2.33. The standard InChI is InChI=1S/C13H24BN4O7P/c14-12-7-10(19)11(25-12)9-24-26(21,22)23-6-4-2-1-3-5-16-13(20)8-17-18-15/h10-12,19H,1-9H2,(H,16,20)(H,21,22)/t10?,11-,12-/m1/s1. The Balaban J connectivity index is 2.01. The van der Waals surface area contributed by atoms with Gasteiger partial charge in [0.1, 0.15) is 20.5 Å². The maximum absolute atomic E-state index is 11.7. The Kier molecular flexibility index (Phi) is 10.8. The Morgan fingerprint density at radius 1 is 1.38 bits per heavy atom. The van der Waals surface area contributed by atoms with E-state index in [0.29, 0.717) is 13.0 Å². The SMILES string of the molecule is [B][C@H]1CC(O)[C@@H](COP(=O)(O)OCCCCCCNC(=O)CN=[N+]=[N-])O1. The average Bonchev–Trinajstić information content (AvgIpc) is 2.91. The van der Waals surface area contributed by atoms with Crippen LogP contribution in [0.15, 0.2) is 5.11 Å². The first-order valence-corrected chi connectivity index (χ1v) is 9.82. The van der Waals surface area contributed by atoms with E-state index in [9.17, 15) is 19.4 Å². The summed E-state index contributed by atoms with van der Waals surface area (Å²) in [4.78, 5) is 23.2. The molecule has 2 radical (unpaired) electrons. The molecule has 0 saturated carbocycles. The van der Waals surface area contributed by atoms with Gasteiger partial charge in [-0.1, -0.05) is 18.0 Å². The van der Waals surface area contributed by atoms with Gasteiger partial charge in [0.25, 0.3) is 0 Å². The lowest BCUT2D eigenvalue weighted by atomic mass is 9.96. The van der Waals surface area contributed by atoms with Gasteiger partial charge < -0.3 is 20.1 Å². The lowest BCUT2D eigenvalue weighted by molar-refractivity contribution is -0.119. The average molecular weight is 390 g/mol. The van der Waals surface area contributed by atoms with Crippen LogP contribution in [0.5, 0.6) is 0 Å². The molecule has 146 valence electrons. The van der Waals surface area contributed by atoms with Gasteiger partial charge in [-0.15, -0.1) is 0 Å². The molecule has 26 heavy (non-hydrogen) atoms. The van der Waals surface area contributed by atoms with E-state index in [0.717, 1.165) is 19.3 Å². The smallest absolute Gasteiger partial charge is 0.390 e. The number of amides is 1. The van der Waals surface area contributed by atoms with Crippen LogP contribution in [-0.4, -0.2) is 68.3 Å². The molecule has 2 unspecified atom stereocenters. The van der Waals surface area contributed by atoms with Gasteiger partial charge in [-0.3, -0.25) is 13.8 Å². The molecule has 1 fully saturated rings. The molecule has 1 heterocycles. The summed E-state index contributed by atoms with van der Waals surface area (Å²) in [5.74, 6) is -0.332. The van der Waals surface area contributed by atoms with Crippen LogP contribution in [0.25, 0.3) is 10.4 Å². The molecule has 1 aliphatic heterocycles. The van der Waals surface area contributed by atoms with Crippen molar-refractivity contribution >= 4 is 21.6 Å². The van der Waals surface area contributed by atoms with E-state index in [2.05, 4.69) is 15.3 Å². The lowest BCUT2D eigenvalue weighted by Gasteiger charge is -2.17. The van der Waals surface area contributed by atoms with Crippen molar-refractivity contribution in [2.75, 3.05) is 26.3 Å². The van der Waals surface area contributed by atoms with Crippen LogP contribution in [-0.2, 0) is 23.1 Å². The third kappa shape index (κ3) is 10.1. The third-order valence-corrected chi connectivity index (χ3v) is 4.56. The van der Waals surface area contributed by atoms with Crippen LogP contribution in [0.1, 0.15) is 32.1 Å². The van der Waals surface area contributed by atoms with E-state index in [-0.39, 0.29) is 32.1 Å². The molecule has 0 spiro atoms. The van der Waals surface area contributed by atoms with Crippen LogP contribution in [0, 0.1) is 0 Å². The number of carbonyl (C=O) groups is 1. The molecule has 1 aliphatic rings. The fourth-order valence-electron chi connectivity index (χ4n) is 2.26. The fourth-order valence-corrected chi connectivity index (χ4v) is 3.03. The predicted octanol–water partition coefficient (Wildman–Crippen LogP) is 0.751. The molecule has 0 bridgehead atoms. The molecule has 11 nitrogen and oxygen atoms in total. The normalized spacial score (nSPS) is 24.6. The number of aliphatic hydroxyl groups is 1. The van der Waals surface area contributed by atoms with Crippen molar-refractivity contribution in [3.63, 3.8) is 0 Å². The maximum Gasteiger partial charge on any atom is 0.472 e. The van der Waals surface area contributed by atoms with Gasteiger partial charge in [0.2, 0.25) is 5.91 Å². The van der Waals surface area contributed by atoms with Gasteiger partial charge in [0.15, 0.2) is 0 Å². The van der Waals surface area contributed by atoms with Crippen LogP contribution in [0.4, 0.5) is 0 Å². The number of phosphoric ester groups is 1. The highest BCUT2D eigenvalue weighted by atomic mass is 31.2. The third-order valence-electron chi connectivity index (χ3n) is 3.58. The van der Waals surface area contributed by atoms with Crippen LogP contribution < -0.4 is 5.32 Å². The Bertz CT molecular complexity index is 535. The van der Waals surface area contributed by atoms with E-state index in [4.69, 9.17) is 27.2 Å². The van der Waals surface area contributed by atoms with Gasteiger partial charge in [-0.05, 0) is 24.8 Å². The van der Waals surface area contributed by atoms with Gasteiger partial charge in [0.05, 0.1) is 19.3 Å². The number of carbonyl (C=O) groups excluding carboxylic acids is 1. The zero-order chi connectivity index (χ0) is 19.4. The summed E-state index contributed by atoms with van der Waals surface area (Å²) < 4.78 is 26.5. The molecule has 3 N–H and O–H groups in total. The number of aliphatic hydroxyl groups excluding tert-OH is 1. The first-order chi connectivity index (χ1) is 12.3. The number of nitrogens with zero attached hydrogens (tertiary/aromatic N) is 3. The van der Waals surface area contributed by atoms with Crippen molar-refractivity contribution in [3.8, 4) is 0 Å². The van der Waals surface area contributed by atoms with Gasteiger partial charge in [0, 0.05) is 17.5 Å². The summed E-state index contributed by atoms with van der Waals surface area (Å²) >= 11 is 0. The number of rotatable bonds is 13. The van der Waals surface area contributed by atoms with Crippen molar-refractivity contribution in [3.05, 3.63) is 10.4 Å². The molecule has 4 atom stereocenters. The van der Waals surface area contributed by atoms with E-state index in [1.165, 1.54) is 0 Å². The summed E-state index contributed by atoms with van der Waals surface area (Å²) in [6.07, 6.45) is 1.48. The highest BCUT2D eigenvalue weighted by molar-refractivity contribution is 7.47. The van der Waals surface area contributed by atoms with Crippen molar-refractivity contribution in [1.29, 1.82) is 0 Å². The number of hydrogen-bond acceptors (Lipinski definition) is 7. The number of phosphoric acid groups is 1. The number of nitrogens with one attached hydrogen (secondary N) is 1. The second-order valence-electron chi connectivity index (χ2n) is 5.77. The minimum absolute atomic E-state index is 0.0462. The van der Waals surface area contributed by atoms with Gasteiger partial charge in [-0.2, -0.15) is 0 Å². The summed E-state index contributed by atoms with van der Waals surface area (Å²) in [6, 6.07) is -0.610. The molecular formula is C13H24BN4O7P. The zero-order valence-corrected chi connectivity index (χ0v) is 15.3. The quantitative estimate of drug-likeness (QED) is 0.104. The fraction of sp³-hybridized carbons (Fsp3) is 0.923. The first-order valence-electron chi connectivity index (χ1n) is 8.32. The van der Waals surface area contributed by atoms with E-state index >= 15 is 0 Å². The molecule has 1 rings (SSSR count). The molecule has 1 amide bonds. The Labute approximate surface area is 153 Å². The molecule has 0 aromatic carbocycles. The number of ether oxygens (including phenoxy) is 1. The number of hydrogen-bond donors (Lipinski definition) is 3. The first kappa shape index (κ1) is 22.9. The summed E-state index contributed by atoms with van der Waals surface area (Å²) in [5, 5.41) is 15.4. The number of azide groups is 1. The topological polar surface area (TPSA) is 163 Å².